The van der Waals surface area contributed by atoms with E-state index < -0.39 is 6.09 Å². The quantitative estimate of drug-likeness (QED) is 0.850. The molecule has 1 aromatic rings. The third-order valence-electron chi connectivity index (χ3n) is 2.87. The van der Waals surface area contributed by atoms with Crippen molar-refractivity contribution in [2.24, 2.45) is 5.92 Å². The summed E-state index contributed by atoms with van der Waals surface area (Å²) in [6, 6.07) is 8.67. The SMILES string of the molecule is N#Cc1ccc(NC(=O)OCC2CCNC2)cc1. The summed E-state index contributed by atoms with van der Waals surface area (Å²) in [5.41, 5.74) is 1.19. The Kier molecular flexibility index (Phi) is 4.15. The minimum Gasteiger partial charge on any atom is -0.449 e. The van der Waals surface area contributed by atoms with Crippen molar-refractivity contribution in [1.29, 1.82) is 5.26 Å². The molecule has 1 atom stereocenters. The van der Waals surface area contributed by atoms with Gasteiger partial charge in [0.05, 0.1) is 18.2 Å². The maximum atomic E-state index is 11.5. The first kappa shape index (κ1) is 12.4. The van der Waals surface area contributed by atoms with Crippen LogP contribution in [0.5, 0.6) is 0 Å². The lowest BCUT2D eigenvalue weighted by Gasteiger charge is -2.10. The fourth-order valence-corrected chi connectivity index (χ4v) is 1.83. The van der Waals surface area contributed by atoms with Crippen molar-refractivity contribution in [2.45, 2.75) is 6.42 Å². The molecule has 5 heteroatoms. The highest BCUT2D eigenvalue weighted by molar-refractivity contribution is 5.84. The van der Waals surface area contributed by atoms with Gasteiger partial charge in [-0.15, -0.1) is 0 Å². The highest BCUT2D eigenvalue weighted by atomic mass is 16.5. The summed E-state index contributed by atoms with van der Waals surface area (Å²) in [6.45, 7) is 2.34. The molecule has 0 aromatic heterocycles. The van der Waals surface area contributed by atoms with Crippen LogP contribution in [0.3, 0.4) is 0 Å². The molecule has 1 unspecified atom stereocenters. The van der Waals surface area contributed by atoms with Gasteiger partial charge in [-0.3, -0.25) is 5.32 Å². The largest absolute Gasteiger partial charge is 0.449 e. The molecular formula is C13H15N3O2. The van der Waals surface area contributed by atoms with Gasteiger partial charge >= 0.3 is 6.09 Å². The number of rotatable bonds is 3. The molecular weight excluding hydrogens is 230 g/mol. The molecule has 0 radical (unpaired) electrons. The Bertz CT molecular complexity index is 444. The number of ether oxygens (including phenoxy) is 1. The van der Waals surface area contributed by atoms with Gasteiger partial charge in [0.15, 0.2) is 0 Å². The molecule has 94 valence electrons. The second-order valence-corrected chi connectivity index (χ2v) is 4.27. The van der Waals surface area contributed by atoms with Crippen LogP contribution in [0, 0.1) is 17.2 Å². The van der Waals surface area contributed by atoms with E-state index in [0.29, 0.717) is 23.8 Å². The highest BCUT2D eigenvalue weighted by Crippen LogP contribution is 2.11. The van der Waals surface area contributed by atoms with Gasteiger partial charge in [0, 0.05) is 18.2 Å². The molecule has 18 heavy (non-hydrogen) atoms. The number of hydrogen-bond acceptors (Lipinski definition) is 4. The van der Waals surface area contributed by atoms with Crippen molar-refractivity contribution in [1.82, 2.24) is 5.32 Å². The van der Waals surface area contributed by atoms with Crippen LogP contribution in [0.4, 0.5) is 10.5 Å². The number of nitrogens with one attached hydrogen (secondary N) is 2. The molecule has 1 heterocycles. The average Bonchev–Trinajstić information content (AvgIpc) is 2.90. The zero-order valence-electron chi connectivity index (χ0n) is 9.98. The maximum absolute atomic E-state index is 11.5. The van der Waals surface area contributed by atoms with E-state index in [9.17, 15) is 4.79 Å². The lowest BCUT2D eigenvalue weighted by Crippen LogP contribution is -2.20. The molecule has 0 bridgehead atoms. The standard InChI is InChI=1S/C13H15N3O2/c14-7-10-1-3-12(4-2-10)16-13(17)18-9-11-5-6-15-8-11/h1-4,11,15H,5-6,8-9H2,(H,16,17). The number of carbonyl (C=O) groups excluding carboxylic acids is 1. The molecule has 1 saturated heterocycles. The van der Waals surface area contributed by atoms with Crippen molar-refractivity contribution < 1.29 is 9.53 Å². The monoisotopic (exact) mass is 245 g/mol. The van der Waals surface area contributed by atoms with Crippen LogP contribution in [-0.4, -0.2) is 25.8 Å². The number of carbonyl (C=O) groups is 1. The zero-order chi connectivity index (χ0) is 12.8. The summed E-state index contributed by atoms with van der Waals surface area (Å²) in [7, 11) is 0. The van der Waals surface area contributed by atoms with Crippen molar-refractivity contribution in [2.75, 3.05) is 25.0 Å². The molecule has 2 rings (SSSR count). The predicted octanol–water partition coefficient (Wildman–Crippen LogP) is 1.72. The molecule has 0 saturated carbocycles. The number of nitrogens with zero attached hydrogens (tertiary/aromatic N) is 1. The molecule has 1 aliphatic rings. The van der Waals surface area contributed by atoms with Crippen LogP contribution in [0.2, 0.25) is 0 Å². The first-order chi connectivity index (χ1) is 8.78. The smallest absolute Gasteiger partial charge is 0.411 e. The Labute approximate surface area is 106 Å². The van der Waals surface area contributed by atoms with Crippen LogP contribution in [0.15, 0.2) is 24.3 Å². The Morgan fingerprint density at radius 2 is 2.28 bits per heavy atom. The van der Waals surface area contributed by atoms with Gasteiger partial charge in [-0.1, -0.05) is 0 Å². The number of benzene rings is 1. The van der Waals surface area contributed by atoms with Crippen LogP contribution in [0.25, 0.3) is 0 Å². The van der Waals surface area contributed by atoms with Crippen molar-refractivity contribution in [3.63, 3.8) is 0 Å². The van der Waals surface area contributed by atoms with Crippen molar-refractivity contribution in [3.05, 3.63) is 29.8 Å². The molecule has 1 aliphatic heterocycles. The van der Waals surface area contributed by atoms with E-state index in [2.05, 4.69) is 10.6 Å². The lowest BCUT2D eigenvalue weighted by atomic mass is 10.1. The van der Waals surface area contributed by atoms with Gasteiger partial charge in [-0.25, -0.2) is 4.79 Å². The van der Waals surface area contributed by atoms with Crippen molar-refractivity contribution >= 4 is 11.8 Å². The summed E-state index contributed by atoms with van der Waals surface area (Å²) in [5, 5.41) is 14.5. The Morgan fingerprint density at radius 3 is 2.89 bits per heavy atom. The third kappa shape index (κ3) is 3.47. The maximum Gasteiger partial charge on any atom is 0.411 e. The second-order valence-electron chi connectivity index (χ2n) is 4.27. The molecule has 5 nitrogen and oxygen atoms in total. The van der Waals surface area contributed by atoms with E-state index in [1.54, 1.807) is 24.3 Å². The predicted molar refractivity (Wildman–Crippen MR) is 67.1 cm³/mol. The number of amides is 1. The summed E-state index contributed by atoms with van der Waals surface area (Å²) in [4.78, 5) is 11.5. The van der Waals surface area contributed by atoms with Gasteiger partial charge in [0.2, 0.25) is 0 Å². The topological polar surface area (TPSA) is 74.2 Å². The molecule has 1 aromatic carbocycles. The summed E-state index contributed by atoms with van der Waals surface area (Å²) < 4.78 is 5.13. The highest BCUT2D eigenvalue weighted by Gasteiger charge is 2.16. The fourth-order valence-electron chi connectivity index (χ4n) is 1.83. The minimum atomic E-state index is -0.452. The first-order valence-electron chi connectivity index (χ1n) is 5.92. The molecule has 1 amide bonds. The normalized spacial score (nSPS) is 18.1. The van der Waals surface area contributed by atoms with Crippen LogP contribution in [0.1, 0.15) is 12.0 Å². The number of nitriles is 1. The molecule has 2 N–H and O–H groups in total. The Morgan fingerprint density at radius 1 is 1.50 bits per heavy atom. The van der Waals surface area contributed by atoms with E-state index in [-0.39, 0.29) is 0 Å². The van der Waals surface area contributed by atoms with Gasteiger partial charge in [0.25, 0.3) is 0 Å². The average molecular weight is 245 g/mol. The van der Waals surface area contributed by atoms with Crippen molar-refractivity contribution in [3.8, 4) is 6.07 Å². The van der Waals surface area contributed by atoms with Crippen LogP contribution in [-0.2, 0) is 4.74 Å². The summed E-state index contributed by atoms with van der Waals surface area (Å²) in [5.74, 6) is 0.414. The number of hydrogen-bond donors (Lipinski definition) is 2. The van der Waals surface area contributed by atoms with E-state index in [0.717, 1.165) is 19.5 Å². The molecule has 0 spiro atoms. The van der Waals surface area contributed by atoms with Crippen LogP contribution >= 0.6 is 0 Å². The second kappa shape index (κ2) is 6.03. The van der Waals surface area contributed by atoms with Gasteiger partial charge in [-0.05, 0) is 37.2 Å². The van der Waals surface area contributed by atoms with E-state index >= 15 is 0 Å². The fraction of sp³-hybridized carbons (Fsp3) is 0.385. The summed E-state index contributed by atoms with van der Waals surface area (Å²) >= 11 is 0. The minimum absolute atomic E-state index is 0.414. The lowest BCUT2D eigenvalue weighted by molar-refractivity contribution is 0.144. The molecule has 0 aliphatic carbocycles. The molecule has 1 fully saturated rings. The van der Waals surface area contributed by atoms with E-state index in [4.69, 9.17) is 10.00 Å². The van der Waals surface area contributed by atoms with Gasteiger partial charge in [-0.2, -0.15) is 5.26 Å². The third-order valence-corrected chi connectivity index (χ3v) is 2.87. The summed E-state index contributed by atoms with van der Waals surface area (Å²) in [6.07, 6.45) is 0.594. The van der Waals surface area contributed by atoms with Crippen LogP contribution < -0.4 is 10.6 Å². The Hall–Kier alpha value is -2.06. The number of anilines is 1. The van der Waals surface area contributed by atoms with Gasteiger partial charge in [0.1, 0.15) is 0 Å². The Balaban J connectivity index is 1.77. The van der Waals surface area contributed by atoms with E-state index in [1.807, 2.05) is 6.07 Å². The van der Waals surface area contributed by atoms with E-state index in [1.165, 1.54) is 0 Å². The van der Waals surface area contributed by atoms with Gasteiger partial charge < -0.3 is 10.1 Å². The first-order valence-corrected chi connectivity index (χ1v) is 5.92. The zero-order valence-corrected chi connectivity index (χ0v) is 9.98.